The number of ether oxygens (including phenoxy) is 1. The number of aromatic nitrogens is 1. The summed E-state index contributed by atoms with van der Waals surface area (Å²) in [6.07, 6.45) is 5.74. The maximum atomic E-state index is 12.1. The van der Waals surface area contributed by atoms with E-state index in [9.17, 15) is 14.7 Å². The zero-order valence-electron chi connectivity index (χ0n) is 18.7. The Balaban J connectivity index is 1.72. The first-order valence-corrected chi connectivity index (χ1v) is 11.4. The van der Waals surface area contributed by atoms with Crippen molar-refractivity contribution >= 4 is 35.2 Å². The van der Waals surface area contributed by atoms with Crippen LogP contribution < -0.4 is 0 Å². The number of methoxy groups -OCH3 is 1. The summed E-state index contributed by atoms with van der Waals surface area (Å²) in [6, 6.07) is 7.29. The third kappa shape index (κ3) is 3.88. The minimum Gasteiger partial charge on any atom is -0.478 e. The molecule has 32 heavy (non-hydrogen) atoms. The first-order valence-electron chi connectivity index (χ1n) is 10.6. The Kier molecular flexibility index (Phi) is 6.02. The monoisotopic (exact) mass is 450 g/mol. The molecule has 7 heteroatoms. The molecule has 0 atom stereocenters. The number of rotatable bonds is 5. The van der Waals surface area contributed by atoms with Crippen molar-refractivity contribution in [2.24, 2.45) is 4.99 Å². The number of fused-ring (bicyclic) bond motifs is 1. The third-order valence-electron chi connectivity index (χ3n) is 6.00. The molecule has 0 saturated carbocycles. The van der Waals surface area contributed by atoms with E-state index in [4.69, 9.17) is 4.74 Å². The van der Waals surface area contributed by atoms with E-state index >= 15 is 0 Å². The number of thiophene rings is 1. The van der Waals surface area contributed by atoms with Crippen molar-refractivity contribution in [1.82, 2.24) is 4.57 Å². The molecule has 1 aromatic carbocycles. The Morgan fingerprint density at radius 2 is 1.91 bits per heavy atom. The van der Waals surface area contributed by atoms with Crippen molar-refractivity contribution in [1.29, 1.82) is 0 Å². The van der Waals surface area contributed by atoms with Gasteiger partial charge in [-0.3, -0.25) is 4.99 Å². The van der Waals surface area contributed by atoms with Gasteiger partial charge in [0.1, 0.15) is 5.00 Å². The molecule has 0 spiro atoms. The number of aliphatic imine (C=N–C) groups is 1. The molecule has 2 aromatic heterocycles. The molecule has 0 aliphatic heterocycles. The van der Waals surface area contributed by atoms with Gasteiger partial charge in [0, 0.05) is 28.0 Å². The molecule has 4 rings (SSSR count). The smallest absolute Gasteiger partial charge is 0.339 e. The van der Waals surface area contributed by atoms with Gasteiger partial charge in [-0.05, 0) is 81.8 Å². The minimum absolute atomic E-state index is 0.375. The maximum Gasteiger partial charge on any atom is 0.339 e. The van der Waals surface area contributed by atoms with Gasteiger partial charge < -0.3 is 14.4 Å². The zero-order chi connectivity index (χ0) is 23.0. The molecule has 0 bridgehead atoms. The lowest BCUT2D eigenvalue weighted by molar-refractivity contribution is 0.0599. The van der Waals surface area contributed by atoms with Crippen LogP contribution in [0.1, 0.15) is 66.5 Å². The number of hydrogen-bond donors (Lipinski definition) is 1. The van der Waals surface area contributed by atoms with Gasteiger partial charge in [0.2, 0.25) is 0 Å². The molecule has 1 N–H and O–H groups in total. The van der Waals surface area contributed by atoms with Crippen LogP contribution in [0.25, 0.3) is 5.00 Å². The minimum atomic E-state index is -0.858. The number of nitrogens with zero attached hydrogens (tertiary/aromatic N) is 2. The van der Waals surface area contributed by atoms with Gasteiger partial charge in [-0.25, -0.2) is 9.59 Å². The van der Waals surface area contributed by atoms with Crippen LogP contribution >= 0.6 is 11.3 Å². The number of esters is 1. The van der Waals surface area contributed by atoms with Crippen LogP contribution in [0.15, 0.2) is 29.3 Å². The second-order valence-electron chi connectivity index (χ2n) is 8.11. The highest BCUT2D eigenvalue weighted by Gasteiger charge is 2.27. The van der Waals surface area contributed by atoms with Crippen molar-refractivity contribution in [3.63, 3.8) is 0 Å². The second-order valence-corrected chi connectivity index (χ2v) is 9.19. The predicted molar refractivity (Wildman–Crippen MR) is 126 cm³/mol. The van der Waals surface area contributed by atoms with Crippen LogP contribution in [-0.4, -0.2) is 34.9 Å². The topological polar surface area (TPSA) is 80.9 Å². The fourth-order valence-electron chi connectivity index (χ4n) is 4.34. The van der Waals surface area contributed by atoms with E-state index in [1.54, 1.807) is 35.8 Å². The Morgan fingerprint density at radius 1 is 1.16 bits per heavy atom. The fourth-order valence-corrected chi connectivity index (χ4v) is 5.84. The number of carboxylic acid groups (broad SMARTS) is 1. The summed E-state index contributed by atoms with van der Waals surface area (Å²) in [5, 5.41) is 10.7. The summed E-state index contributed by atoms with van der Waals surface area (Å²) in [4.78, 5) is 29.7. The van der Waals surface area contributed by atoms with E-state index in [2.05, 4.69) is 4.99 Å². The van der Waals surface area contributed by atoms with Gasteiger partial charge in [-0.2, -0.15) is 0 Å². The summed E-state index contributed by atoms with van der Waals surface area (Å²) in [7, 11) is 1.36. The molecule has 166 valence electrons. The number of carboxylic acids is 1. The highest BCUT2D eigenvalue weighted by molar-refractivity contribution is 7.15. The van der Waals surface area contributed by atoms with Gasteiger partial charge in [-0.1, -0.05) is 0 Å². The summed E-state index contributed by atoms with van der Waals surface area (Å²) < 4.78 is 6.81. The Morgan fingerprint density at radius 3 is 2.59 bits per heavy atom. The van der Waals surface area contributed by atoms with E-state index in [1.807, 2.05) is 31.4 Å². The van der Waals surface area contributed by atoms with E-state index < -0.39 is 5.97 Å². The molecule has 6 nitrogen and oxygen atoms in total. The fraction of sp³-hybridized carbons (Fsp3) is 0.320. The first-order chi connectivity index (χ1) is 15.3. The van der Waals surface area contributed by atoms with Gasteiger partial charge >= 0.3 is 11.9 Å². The summed E-state index contributed by atoms with van der Waals surface area (Å²) >= 11 is 1.60. The van der Waals surface area contributed by atoms with Crippen molar-refractivity contribution in [2.45, 2.75) is 46.5 Å². The molecule has 0 radical (unpaired) electrons. The van der Waals surface area contributed by atoms with E-state index in [0.717, 1.165) is 64.4 Å². The first kappa shape index (κ1) is 22.0. The van der Waals surface area contributed by atoms with Crippen molar-refractivity contribution in [2.75, 3.05) is 7.11 Å². The Labute approximate surface area is 191 Å². The molecule has 1 aliphatic rings. The molecule has 0 amide bonds. The van der Waals surface area contributed by atoms with Gasteiger partial charge in [0.15, 0.2) is 0 Å². The quantitative estimate of drug-likeness (QED) is 0.406. The molecule has 0 fully saturated rings. The van der Waals surface area contributed by atoms with Gasteiger partial charge in [0.25, 0.3) is 0 Å². The Hall–Kier alpha value is -3.19. The molecule has 2 heterocycles. The lowest BCUT2D eigenvalue weighted by Gasteiger charge is -2.11. The highest BCUT2D eigenvalue weighted by Crippen LogP contribution is 2.38. The lowest BCUT2D eigenvalue weighted by atomic mass is 9.95. The SMILES string of the molecule is COC(=O)c1ccc(N=Cc2cc(C)n(-c3sc4c(c3C(=O)O)CCCC4)c2C)c(C)c1. The summed E-state index contributed by atoms with van der Waals surface area (Å²) in [5.41, 5.74) is 6.44. The van der Waals surface area contributed by atoms with Crippen molar-refractivity contribution < 1.29 is 19.4 Å². The molecular formula is C25H26N2O4S. The average Bonchev–Trinajstić information content (AvgIpc) is 3.28. The molecule has 3 aromatic rings. The molecule has 0 unspecified atom stereocenters. The lowest BCUT2D eigenvalue weighted by Crippen LogP contribution is -2.09. The maximum absolute atomic E-state index is 12.1. The Bertz CT molecular complexity index is 1250. The van der Waals surface area contributed by atoms with Crippen LogP contribution in [-0.2, 0) is 17.6 Å². The van der Waals surface area contributed by atoms with Crippen LogP contribution in [0.3, 0.4) is 0 Å². The number of carbonyl (C=O) groups excluding carboxylic acids is 1. The normalized spacial score (nSPS) is 13.4. The summed E-state index contributed by atoms with van der Waals surface area (Å²) in [5.74, 6) is -1.23. The van der Waals surface area contributed by atoms with Crippen molar-refractivity contribution in [3.05, 3.63) is 68.3 Å². The summed E-state index contributed by atoms with van der Waals surface area (Å²) in [6.45, 7) is 5.88. The molecule has 0 saturated heterocycles. The zero-order valence-corrected chi connectivity index (χ0v) is 19.5. The third-order valence-corrected chi connectivity index (χ3v) is 7.28. The van der Waals surface area contributed by atoms with Crippen LogP contribution in [0.4, 0.5) is 5.69 Å². The number of carbonyl (C=O) groups is 2. The number of aromatic carboxylic acids is 1. The van der Waals surface area contributed by atoms with Gasteiger partial charge in [-0.15, -0.1) is 11.3 Å². The standard InChI is InChI=1S/C25H26N2O4S/c1-14-11-17(25(30)31-4)9-10-20(14)26-13-18-12-15(2)27(16(18)3)23-22(24(28)29)19-7-5-6-8-21(19)32-23/h9-13H,5-8H2,1-4H3,(H,28,29). The van der Waals surface area contributed by atoms with E-state index in [1.165, 1.54) is 12.0 Å². The van der Waals surface area contributed by atoms with E-state index in [-0.39, 0.29) is 5.97 Å². The van der Waals surface area contributed by atoms with Crippen LogP contribution in [0.2, 0.25) is 0 Å². The predicted octanol–water partition coefficient (Wildman–Crippen LogP) is 5.58. The van der Waals surface area contributed by atoms with Crippen molar-refractivity contribution in [3.8, 4) is 5.00 Å². The number of hydrogen-bond acceptors (Lipinski definition) is 5. The van der Waals surface area contributed by atoms with E-state index in [0.29, 0.717) is 11.1 Å². The average molecular weight is 451 g/mol. The van der Waals surface area contributed by atoms with Crippen LogP contribution in [0.5, 0.6) is 0 Å². The highest BCUT2D eigenvalue weighted by atomic mass is 32.1. The number of benzene rings is 1. The number of aryl methyl sites for hydroxylation is 3. The van der Waals surface area contributed by atoms with Gasteiger partial charge in [0.05, 0.1) is 23.9 Å². The van der Waals surface area contributed by atoms with Crippen LogP contribution in [0, 0.1) is 20.8 Å². The molecule has 1 aliphatic carbocycles. The second kappa shape index (κ2) is 8.74. The largest absolute Gasteiger partial charge is 0.478 e. The molecular weight excluding hydrogens is 424 g/mol.